The summed E-state index contributed by atoms with van der Waals surface area (Å²) >= 11 is 0. The number of hydrogen-bond donors (Lipinski definition) is 5. The first-order valence-electron chi connectivity index (χ1n) is 11.8. The molecule has 8 nitrogen and oxygen atoms in total. The molecule has 1 unspecified atom stereocenters. The number of phenols is 1. The molecule has 0 bridgehead atoms. The van der Waals surface area contributed by atoms with Crippen molar-refractivity contribution in [3.05, 3.63) is 77.9 Å². The van der Waals surface area contributed by atoms with Crippen LogP contribution in [0.2, 0.25) is 0 Å². The van der Waals surface area contributed by atoms with Crippen molar-refractivity contribution in [3.63, 3.8) is 0 Å². The van der Waals surface area contributed by atoms with E-state index in [9.17, 15) is 9.90 Å². The molecule has 3 rings (SSSR count). The SMILES string of the molecule is C=CCN1CCNC(C)C1.CCOC(=O)CN.CN.N=Cc1ccc(Cc2cccc(O)c2)cc1. The van der Waals surface area contributed by atoms with Crippen LogP contribution in [0.3, 0.4) is 0 Å². The fourth-order valence-corrected chi connectivity index (χ4v) is 3.21. The number of ether oxygens (including phenoxy) is 1. The number of piperazine rings is 1. The number of nitrogens with two attached hydrogens (primary N) is 2. The Balaban J connectivity index is 0.000000523. The van der Waals surface area contributed by atoms with Crippen molar-refractivity contribution in [3.8, 4) is 5.75 Å². The van der Waals surface area contributed by atoms with Crippen LogP contribution in [-0.2, 0) is 16.0 Å². The number of carbonyl (C=O) groups excluding carboxylic acids is 1. The zero-order chi connectivity index (χ0) is 26.5. The molecule has 2 aromatic carbocycles. The molecule has 0 saturated carbocycles. The lowest BCUT2D eigenvalue weighted by Crippen LogP contribution is -2.49. The fraction of sp³-hybridized carbons (Fsp3) is 0.407. The third-order valence-corrected chi connectivity index (χ3v) is 4.78. The van der Waals surface area contributed by atoms with Crippen molar-refractivity contribution in [1.82, 2.24) is 10.2 Å². The lowest BCUT2D eigenvalue weighted by molar-refractivity contribution is -0.141. The number of benzene rings is 2. The van der Waals surface area contributed by atoms with E-state index in [4.69, 9.17) is 11.1 Å². The Kier molecular flexibility index (Phi) is 18.6. The van der Waals surface area contributed by atoms with Crippen LogP contribution >= 0.6 is 0 Å². The molecule has 1 atom stereocenters. The summed E-state index contributed by atoms with van der Waals surface area (Å²) in [6, 6.07) is 15.8. The normalized spacial score (nSPS) is 14.5. The summed E-state index contributed by atoms with van der Waals surface area (Å²) in [5.74, 6) is -0.0453. The van der Waals surface area contributed by atoms with Gasteiger partial charge in [0.15, 0.2) is 0 Å². The monoisotopic (exact) mass is 485 g/mol. The number of esters is 1. The van der Waals surface area contributed by atoms with E-state index >= 15 is 0 Å². The fourth-order valence-electron chi connectivity index (χ4n) is 3.21. The Hall–Kier alpha value is -3.04. The number of nitrogens with one attached hydrogen (secondary N) is 2. The van der Waals surface area contributed by atoms with Crippen LogP contribution in [0, 0.1) is 5.41 Å². The van der Waals surface area contributed by atoms with Crippen LogP contribution in [0.1, 0.15) is 30.5 Å². The predicted octanol–water partition coefficient (Wildman–Crippen LogP) is 2.53. The van der Waals surface area contributed by atoms with E-state index in [1.807, 2.05) is 42.5 Å². The molecule has 1 saturated heterocycles. The topological polar surface area (TPSA) is 138 Å². The lowest BCUT2D eigenvalue weighted by Gasteiger charge is -2.30. The molecule has 35 heavy (non-hydrogen) atoms. The third-order valence-electron chi connectivity index (χ3n) is 4.78. The van der Waals surface area contributed by atoms with Crippen molar-refractivity contribution in [2.24, 2.45) is 11.5 Å². The quantitative estimate of drug-likeness (QED) is 0.231. The molecule has 0 aliphatic carbocycles. The van der Waals surface area contributed by atoms with E-state index in [0.29, 0.717) is 18.4 Å². The molecule has 0 spiro atoms. The minimum atomic E-state index is -0.345. The molecule has 8 heteroatoms. The second-order valence-electron chi connectivity index (χ2n) is 7.65. The molecule has 0 radical (unpaired) electrons. The van der Waals surface area contributed by atoms with Gasteiger partial charge in [0.2, 0.25) is 0 Å². The average molecular weight is 486 g/mol. The number of phenolic OH excluding ortho intramolecular Hbond substituents is 1. The van der Waals surface area contributed by atoms with Gasteiger partial charge in [-0.2, -0.15) is 0 Å². The van der Waals surface area contributed by atoms with Crippen LogP contribution in [0.5, 0.6) is 5.75 Å². The number of aromatic hydroxyl groups is 1. The average Bonchev–Trinajstić information content (AvgIpc) is 2.87. The van der Waals surface area contributed by atoms with E-state index in [1.54, 1.807) is 19.1 Å². The minimum Gasteiger partial charge on any atom is -0.508 e. The summed E-state index contributed by atoms with van der Waals surface area (Å²) < 4.78 is 4.43. The molecule has 7 N–H and O–H groups in total. The van der Waals surface area contributed by atoms with Gasteiger partial charge in [-0.25, -0.2) is 0 Å². The Morgan fingerprint density at radius 1 is 1.26 bits per heavy atom. The first-order valence-corrected chi connectivity index (χ1v) is 11.8. The van der Waals surface area contributed by atoms with Gasteiger partial charge in [-0.05, 0) is 56.1 Å². The van der Waals surface area contributed by atoms with E-state index in [1.165, 1.54) is 18.8 Å². The second kappa shape index (κ2) is 20.3. The molecule has 194 valence electrons. The Morgan fingerprint density at radius 3 is 2.43 bits per heavy atom. The van der Waals surface area contributed by atoms with E-state index in [0.717, 1.165) is 43.7 Å². The van der Waals surface area contributed by atoms with Crippen molar-refractivity contribution in [2.75, 3.05) is 46.4 Å². The standard InChI is InChI=1S/C14H13NO.C8H16N2.C4H9NO2.CH5N/c15-10-12-6-4-11(5-7-12)8-13-2-1-3-14(16)9-13;1-3-5-10-6-4-9-8(2)7-10;1-2-7-4(6)3-5;1-2/h1-7,9-10,15-16H,8H2;3,8-9H,1,4-7H2,2H3;2-3,5H2,1H3;2H2,1H3. The van der Waals surface area contributed by atoms with Gasteiger partial charge in [0.1, 0.15) is 5.75 Å². The van der Waals surface area contributed by atoms with Gasteiger partial charge in [0.05, 0.1) is 13.2 Å². The maximum absolute atomic E-state index is 10.1. The van der Waals surface area contributed by atoms with Gasteiger partial charge in [0.25, 0.3) is 0 Å². The minimum absolute atomic E-state index is 0.0200. The van der Waals surface area contributed by atoms with Crippen LogP contribution < -0.4 is 16.8 Å². The first kappa shape index (κ1) is 32.0. The second-order valence-corrected chi connectivity index (χ2v) is 7.65. The molecule has 2 aromatic rings. The van der Waals surface area contributed by atoms with E-state index in [2.05, 4.69) is 34.2 Å². The zero-order valence-corrected chi connectivity index (χ0v) is 21.4. The third kappa shape index (κ3) is 15.5. The predicted molar refractivity (Wildman–Crippen MR) is 145 cm³/mol. The maximum Gasteiger partial charge on any atom is 0.319 e. The van der Waals surface area contributed by atoms with Crippen molar-refractivity contribution in [2.45, 2.75) is 26.3 Å². The van der Waals surface area contributed by atoms with Crippen molar-refractivity contribution in [1.29, 1.82) is 5.41 Å². The van der Waals surface area contributed by atoms with Gasteiger partial charge in [-0.1, -0.05) is 42.5 Å². The van der Waals surface area contributed by atoms with Crippen LogP contribution in [0.15, 0.2) is 61.2 Å². The van der Waals surface area contributed by atoms with Crippen LogP contribution in [0.4, 0.5) is 0 Å². The highest BCUT2D eigenvalue weighted by Gasteiger charge is 2.12. The molecule has 1 aliphatic rings. The zero-order valence-electron chi connectivity index (χ0n) is 21.4. The lowest BCUT2D eigenvalue weighted by atomic mass is 10.0. The first-order chi connectivity index (χ1) is 16.9. The summed E-state index contributed by atoms with van der Waals surface area (Å²) in [7, 11) is 1.50. The van der Waals surface area contributed by atoms with Gasteiger partial charge in [-0.15, -0.1) is 6.58 Å². The van der Waals surface area contributed by atoms with E-state index in [-0.39, 0.29) is 12.5 Å². The molecule has 1 aliphatic heterocycles. The summed E-state index contributed by atoms with van der Waals surface area (Å²) in [5, 5.41) is 19.8. The number of rotatable bonds is 7. The largest absolute Gasteiger partial charge is 0.508 e. The number of carbonyl (C=O) groups is 1. The molecule has 1 heterocycles. The Morgan fingerprint density at radius 2 is 1.94 bits per heavy atom. The van der Waals surface area contributed by atoms with Crippen molar-refractivity contribution >= 4 is 12.2 Å². The molecular weight excluding hydrogens is 442 g/mol. The summed E-state index contributed by atoms with van der Waals surface area (Å²) in [6.07, 6.45) is 4.10. The summed E-state index contributed by atoms with van der Waals surface area (Å²) in [4.78, 5) is 12.5. The smallest absolute Gasteiger partial charge is 0.319 e. The van der Waals surface area contributed by atoms with Gasteiger partial charge in [-0.3, -0.25) is 9.69 Å². The Bertz CT molecular complexity index is 843. The highest BCUT2D eigenvalue weighted by atomic mass is 16.5. The van der Waals surface area contributed by atoms with Crippen molar-refractivity contribution < 1.29 is 14.6 Å². The van der Waals surface area contributed by atoms with E-state index < -0.39 is 0 Å². The number of hydrogen-bond acceptors (Lipinski definition) is 8. The molecule has 1 fully saturated rings. The van der Waals surface area contributed by atoms with Gasteiger partial charge in [0, 0.05) is 38.4 Å². The van der Waals surface area contributed by atoms with Gasteiger partial charge >= 0.3 is 5.97 Å². The molecule has 0 aromatic heterocycles. The van der Waals surface area contributed by atoms with Crippen LogP contribution in [-0.4, -0.2) is 74.6 Å². The molecular formula is C27H43N5O3. The number of nitrogens with zero attached hydrogens (tertiary/aromatic N) is 1. The maximum atomic E-state index is 10.1. The highest BCUT2D eigenvalue weighted by Crippen LogP contribution is 2.15. The Labute approximate surface area is 210 Å². The molecule has 0 amide bonds. The van der Waals surface area contributed by atoms with Gasteiger partial charge < -0.3 is 32.0 Å². The summed E-state index contributed by atoms with van der Waals surface area (Å²) in [6.45, 7) is 12.5. The highest BCUT2D eigenvalue weighted by molar-refractivity contribution is 5.76. The van der Waals surface area contributed by atoms with Crippen LogP contribution in [0.25, 0.3) is 0 Å². The summed E-state index contributed by atoms with van der Waals surface area (Å²) in [5.41, 5.74) is 12.5.